The van der Waals surface area contributed by atoms with Gasteiger partial charge in [0.1, 0.15) is 0 Å². The van der Waals surface area contributed by atoms with Gasteiger partial charge < -0.3 is 5.32 Å². The lowest BCUT2D eigenvalue weighted by Crippen LogP contribution is -1.96. The average Bonchev–Trinajstić information content (AvgIpc) is 2.30. The van der Waals surface area contributed by atoms with Crippen molar-refractivity contribution in [2.24, 2.45) is 0 Å². The number of halogens is 4. The third-order valence-electron chi connectivity index (χ3n) is 2.24. The highest BCUT2D eigenvalue weighted by Gasteiger charge is 2.09. The van der Waals surface area contributed by atoms with Crippen molar-refractivity contribution in [1.82, 2.24) is 10.2 Å². The van der Waals surface area contributed by atoms with Crippen molar-refractivity contribution >= 4 is 57.8 Å². The van der Waals surface area contributed by atoms with Crippen LogP contribution in [0.1, 0.15) is 5.56 Å². The van der Waals surface area contributed by atoms with Crippen molar-refractivity contribution in [1.29, 1.82) is 0 Å². The van der Waals surface area contributed by atoms with Crippen molar-refractivity contribution in [2.45, 2.75) is 6.92 Å². The molecule has 0 radical (unpaired) electrons. The maximum absolute atomic E-state index is 6.11. The van der Waals surface area contributed by atoms with E-state index in [1.807, 2.05) is 6.92 Å². The van der Waals surface area contributed by atoms with E-state index in [-0.39, 0.29) is 10.3 Å². The Bertz CT molecular complexity index is 601. The molecule has 1 N–H and O–H groups in total. The molecule has 1 aromatic carbocycles. The first-order chi connectivity index (χ1) is 8.47. The number of nitrogens with zero attached hydrogens (tertiary/aromatic N) is 2. The average molecular weight is 323 g/mol. The first kappa shape index (κ1) is 13.7. The van der Waals surface area contributed by atoms with Gasteiger partial charge in [0, 0.05) is 11.1 Å². The summed E-state index contributed by atoms with van der Waals surface area (Å²) in [7, 11) is 0. The molecule has 0 amide bonds. The lowest BCUT2D eigenvalue weighted by Gasteiger charge is -2.11. The molecule has 0 bridgehead atoms. The van der Waals surface area contributed by atoms with Crippen LogP contribution in [0.4, 0.5) is 11.4 Å². The number of rotatable bonds is 2. The van der Waals surface area contributed by atoms with Crippen molar-refractivity contribution in [3.8, 4) is 0 Å². The Morgan fingerprint density at radius 1 is 0.889 bits per heavy atom. The minimum absolute atomic E-state index is 0.201. The summed E-state index contributed by atoms with van der Waals surface area (Å²) in [5.41, 5.74) is 2.03. The summed E-state index contributed by atoms with van der Waals surface area (Å²) < 4.78 is 0. The highest BCUT2D eigenvalue weighted by Crippen LogP contribution is 2.33. The Morgan fingerprint density at radius 2 is 1.61 bits per heavy atom. The van der Waals surface area contributed by atoms with E-state index in [1.165, 1.54) is 0 Å². The molecule has 1 aromatic heterocycles. The normalized spacial score (nSPS) is 10.5. The summed E-state index contributed by atoms with van der Waals surface area (Å²) in [4.78, 5) is 0. The molecule has 2 rings (SSSR count). The summed E-state index contributed by atoms with van der Waals surface area (Å²) in [6.45, 7) is 1.87. The number of nitrogens with one attached hydrogen (secondary N) is 1. The van der Waals surface area contributed by atoms with Crippen LogP contribution in [0, 0.1) is 6.92 Å². The molecule has 0 aliphatic carbocycles. The van der Waals surface area contributed by atoms with Crippen molar-refractivity contribution in [3.05, 3.63) is 44.1 Å². The summed E-state index contributed by atoms with van der Waals surface area (Å²) in [5.74, 6) is 0. The van der Waals surface area contributed by atoms with E-state index in [0.29, 0.717) is 21.4 Å². The van der Waals surface area contributed by atoms with E-state index in [1.54, 1.807) is 18.2 Å². The van der Waals surface area contributed by atoms with Crippen molar-refractivity contribution in [2.75, 3.05) is 5.32 Å². The number of benzene rings is 1. The molecule has 3 nitrogen and oxygen atoms in total. The standard InChI is InChI=1S/C11H7Cl4N3/c1-5-2-7(13)8(3-6(5)12)16-9-4-10(14)17-18-11(9)15/h2-4H,1H3,(H,16,17). The quantitative estimate of drug-likeness (QED) is 0.831. The van der Waals surface area contributed by atoms with Crippen LogP contribution in [-0.2, 0) is 0 Å². The fourth-order valence-corrected chi connectivity index (χ4v) is 2.04. The second-order valence-electron chi connectivity index (χ2n) is 3.58. The van der Waals surface area contributed by atoms with Crippen molar-refractivity contribution in [3.63, 3.8) is 0 Å². The Balaban J connectivity index is 2.40. The smallest absolute Gasteiger partial charge is 0.175 e. The summed E-state index contributed by atoms with van der Waals surface area (Å²) in [5, 5.41) is 11.9. The zero-order chi connectivity index (χ0) is 13.3. The number of aryl methyl sites for hydroxylation is 1. The van der Waals surface area contributed by atoms with Gasteiger partial charge in [-0.25, -0.2) is 0 Å². The summed E-state index contributed by atoms with van der Waals surface area (Å²) in [6, 6.07) is 5.03. The number of hydrogen-bond acceptors (Lipinski definition) is 3. The van der Waals surface area contributed by atoms with Gasteiger partial charge in [0.15, 0.2) is 10.3 Å². The lowest BCUT2D eigenvalue weighted by molar-refractivity contribution is 1.03. The van der Waals surface area contributed by atoms with Gasteiger partial charge in [-0.2, -0.15) is 0 Å². The van der Waals surface area contributed by atoms with Gasteiger partial charge in [0.2, 0.25) is 0 Å². The van der Waals surface area contributed by atoms with Crippen molar-refractivity contribution < 1.29 is 0 Å². The topological polar surface area (TPSA) is 37.8 Å². The fourth-order valence-electron chi connectivity index (χ4n) is 1.33. The molecule has 0 atom stereocenters. The Morgan fingerprint density at radius 3 is 2.33 bits per heavy atom. The number of hydrogen-bond donors (Lipinski definition) is 1. The van der Waals surface area contributed by atoms with Crippen LogP contribution in [0.5, 0.6) is 0 Å². The van der Waals surface area contributed by atoms with Gasteiger partial charge in [0.25, 0.3) is 0 Å². The zero-order valence-electron chi connectivity index (χ0n) is 9.14. The summed E-state index contributed by atoms with van der Waals surface area (Å²) in [6.07, 6.45) is 0. The Labute approximate surface area is 124 Å². The van der Waals surface area contributed by atoms with Crippen LogP contribution in [0.2, 0.25) is 20.4 Å². The van der Waals surface area contributed by atoms with Crippen LogP contribution in [0.25, 0.3) is 0 Å². The third-order valence-corrected chi connectivity index (χ3v) is 3.42. The van der Waals surface area contributed by atoms with Gasteiger partial charge in [-0.1, -0.05) is 46.4 Å². The van der Waals surface area contributed by atoms with Crippen LogP contribution in [0.3, 0.4) is 0 Å². The van der Waals surface area contributed by atoms with Crippen LogP contribution >= 0.6 is 46.4 Å². The highest BCUT2D eigenvalue weighted by molar-refractivity contribution is 6.36. The molecule has 7 heteroatoms. The molecule has 0 unspecified atom stereocenters. The van der Waals surface area contributed by atoms with Gasteiger partial charge in [-0.15, -0.1) is 10.2 Å². The molecule has 0 spiro atoms. The number of aromatic nitrogens is 2. The third kappa shape index (κ3) is 2.98. The Kier molecular flexibility index (Phi) is 4.17. The van der Waals surface area contributed by atoms with Crippen LogP contribution in [0.15, 0.2) is 18.2 Å². The van der Waals surface area contributed by atoms with E-state index in [2.05, 4.69) is 15.5 Å². The van der Waals surface area contributed by atoms with Gasteiger partial charge in [0.05, 0.1) is 16.4 Å². The van der Waals surface area contributed by atoms with Crippen LogP contribution in [-0.4, -0.2) is 10.2 Å². The highest BCUT2D eigenvalue weighted by atomic mass is 35.5. The van der Waals surface area contributed by atoms with E-state index in [4.69, 9.17) is 46.4 Å². The van der Waals surface area contributed by atoms with Gasteiger partial charge in [-0.05, 0) is 24.6 Å². The monoisotopic (exact) mass is 321 g/mol. The predicted octanol–water partition coefficient (Wildman–Crippen LogP) is 5.14. The van der Waals surface area contributed by atoms with E-state index in [0.717, 1.165) is 5.56 Å². The molecule has 2 aromatic rings. The SMILES string of the molecule is Cc1cc(Cl)c(Nc2cc(Cl)nnc2Cl)cc1Cl. The lowest BCUT2D eigenvalue weighted by atomic mass is 10.2. The van der Waals surface area contributed by atoms with Gasteiger partial charge in [-0.3, -0.25) is 0 Å². The number of anilines is 2. The second-order valence-corrected chi connectivity index (χ2v) is 5.14. The molecular weight excluding hydrogens is 316 g/mol. The van der Waals surface area contributed by atoms with E-state index < -0.39 is 0 Å². The fraction of sp³-hybridized carbons (Fsp3) is 0.0909. The predicted molar refractivity (Wildman–Crippen MR) is 76.5 cm³/mol. The minimum atomic E-state index is 0.201. The van der Waals surface area contributed by atoms with E-state index >= 15 is 0 Å². The molecule has 94 valence electrons. The van der Waals surface area contributed by atoms with Crippen LogP contribution < -0.4 is 5.32 Å². The largest absolute Gasteiger partial charge is 0.352 e. The van der Waals surface area contributed by atoms with E-state index in [9.17, 15) is 0 Å². The molecule has 0 saturated heterocycles. The molecule has 0 aliphatic heterocycles. The first-order valence-corrected chi connectivity index (χ1v) is 6.40. The maximum atomic E-state index is 6.11. The minimum Gasteiger partial charge on any atom is -0.352 e. The Hall–Kier alpha value is -0.740. The molecular formula is C11H7Cl4N3. The second kappa shape index (κ2) is 5.49. The zero-order valence-corrected chi connectivity index (χ0v) is 12.2. The molecule has 0 saturated carbocycles. The molecule has 0 aliphatic rings. The van der Waals surface area contributed by atoms with Gasteiger partial charge >= 0.3 is 0 Å². The maximum Gasteiger partial charge on any atom is 0.175 e. The molecule has 0 fully saturated rings. The molecule has 18 heavy (non-hydrogen) atoms. The first-order valence-electron chi connectivity index (χ1n) is 4.89. The molecule has 1 heterocycles. The summed E-state index contributed by atoms with van der Waals surface area (Å²) >= 11 is 23.8.